The van der Waals surface area contributed by atoms with Gasteiger partial charge in [-0.1, -0.05) is 33.6 Å². The SMILES string of the molecule is CC(NCc1cc(Cl)ccc1Br)c1ccc(F)cc1F. The van der Waals surface area contributed by atoms with Crippen LogP contribution in [0.1, 0.15) is 24.1 Å². The topological polar surface area (TPSA) is 12.0 Å². The summed E-state index contributed by atoms with van der Waals surface area (Å²) < 4.78 is 27.5. The van der Waals surface area contributed by atoms with Crippen molar-refractivity contribution in [1.82, 2.24) is 5.32 Å². The lowest BCUT2D eigenvalue weighted by molar-refractivity contribution is 0.517. The molecule has 0 bridgehead atoms. The van der Waals surface area contributed by atoms with Crippen LogP contribution in [0.4, 0.5) is 8.78 Å². The average molecular weight is 361 g/mol. The molecule has 2 aromatic rings. The van der Waals surface area contributed by atoms with Crippen molar-refractivity contribution in [3.8, 4) is 0 Å². The molecule has 1 N–H and O–H groups in total. The number of hydrogen-bond acceptors (Lipinski definition) is 1. The second-order valence-corrected chi connectivity index (χ2v) is 5.79. The maximum absolute atomic E-state index is 13.7. The molecule has 0 aliphatic carbocycles. The number of hydrogen-bond donors (Lipinski definition) is 1. The smallest absolute Gasteiger partial charge is 0.130 e. The monoisotopic (exact) mass is 359 g/mol. The minimum atomic E-state index is -0.573. The van der Waals surface area contributed by atoms with Crippen LogP contribution in [0.25, 0.3) is 0 Å². The molecule has 0 aliphatic rings. The Balaban J connectivity index is 2.08. The highest BCUT2D eigenvalue weighted by molar-refractivity contribution is 9.10. The first-order chi connectivity index (χ1) is 9.47. The normalized spacial score (nSPS) is 12.4. The average Bonchev–Trinajstić information content (AvgIpc) is 2.39. The van der Waals surface area contributed by atoms with E-state index in [1.54, 1.807) is 6.07 Å². The van der Waals surface area contributed by atoms with E-state index in [0.29, 0.717) is 17.1 Å². The molecular formula is C15H13BrClF2N. The Hall–Kier alpha value is -0.970. The van der Waals surface area contributed by atoms with Gasteiger partial charge in [0.25, 0.3) is 0 Å². The van der Waals surface area contributed by atoms with Crippen molar-refractivity contribution >= 4 is 27.5 Å². The maximum Gasteiger partial charge on any atom is 0.130 e. The van der Waals surface area contributed by atoms with Gasteiger partial charge >= 0.3 is 0 Å². The molecule has 5 heteroatoms. The molecule has 0 aliphatic heterocycles. The van der Waals surface area contributed by atoms with Gasteiger partial charge in [-0.05, 0) is 36.8 Å². The highest BCUT2D eigenvalue weighted by Crippen LogP contribution is 2.23. The number of halogens is 4. The fourth-order valence-electron chi connectivity index (χ4n) is 1.90. The van der Waals surface area contributed by atoms with Gasteiger partial charge in [0.15, 0.2) is 0 Å². The third kappa shape index (κ3) is 3.78. The van der Waals surface area contributed by atoms with Crippen LogP contribution in [0.15, 0.2) is 40.9 Å². The molecule has 0 aromatic heterocycles. The van der Waals surface area contributed by atoms with E-state index in [1.807, 2.05) is 19.1 Å². The van der Waals surface area contributed by atoms with Crippen LogP contribution in [0.5, 0.6) is 0 Å². The third-order valence-electron chi connectivity index (χ3n) is 3.04. The van der Waals surface area contributed by atoms with Gasteiger partial charge in [0.2, 0.25) is 0 Å². The van der Waals surface area contributed by atoms with Gasteiger partial charge in [0.1, 0.15) is 11.6 Å². The first-order valence-corrected chi connectivity index (χ1v) is 7.26. The molecule has 0 saturated heterocycles. The van der Waals surface area contributed by atoms with Gasteiger partial charge < -0.3 is 5.32 Å². The second-order valence-electron chi connectivity index (χ2n) is 4.50. The van der Waals surface area contributed by atoms with E-state index in [4.69, 9.17) is 11.6 Å². The molecule has 106 valence electrons. The summed E-state index contributed by atoms with van der Waals surface area (Å²) >= 11 is 9.38. The quantitative estimate of drug-likeness (QED) is 0.787. The standard InChI is InChI=1S/C15H13BrClF2N/c1-9(13-4-3-12(18)7-15(13)19)20-8-10-6-11(17)2-5-14(10)16/h2-7,9,20H,8H2,1H3. The minimum absolute atomic E-state index is 0.235. The van der Waals surface area contributed by atoms with E-state index in [9.17, 15) is 8.78 Å². The zero-order valence-corrected chi connectivity index (χ0v) is 13.1. The zero-order chi connectivity index (χ0) is 14.7. The van der Waals surface area contributed by atoms with Crippen molar-refractivity contribution in [1.29, 1.82) is 0 Å². The summed E-state index contributed by atoms with van der Waals surface area (Å²) in [7, 11) is 0. The largest absolute Gasteiger partial charge is 0.306 e. The van der Waals surface area contributed by atoms with Gasteiger partial charge in [-0.2, -0.15) is 0 Å². The molecule has 0 saturated carbocycles. The van der Waals surface area contributed by atoms with E-state index in [-0.39, 0.29) is 6.04 Å². The first kappa shape index (κ1) is 15.4. The molecule has 0 heterocycles. The summed E-state index contributed by atoms with van der Waals surface area (Å²) in [5, 5.41) is 3.84. The fourth-order valence-corrected chi connectivity index (χ4v) is 2.49. The number of nitrogens with one attached hydrogen (secondary N) is 1. The van der Waals surface area contributed by atoms with Gasteiger partial charge in [0.05, 0.1) is 0 Å². The second kappa shape index (κ2) is 6.66. The van der Waals surface area contributed by atoms with Crippen LogP contribution in [-0.4, -0.2) is 0 Å². The van der Waals surface area contributed by atoms with Crippen LogP contribution >= 0.6 is 27.5 Å². The van der Waals surface area contributed by atoms with Crippen molar-refractivity contribution in [2.45, 2.75) is 19.5 Å². The van der Waals surface area contributed by atoms with Crippen molar-refractivity contribution in [2.24, 2.45) is 0 Å². The lowest BCUT2D eigenvalue weighted by atomic mass is 10.1. The third-order valence-corrected chi connectivity index (χ3v) is 4.04. The highest BCUT2D eigenvalue weighted by atomic mass is 79.9. The highest BCUT2D eigenvalue weighted by Gasteiger charge is 2.12. The maximum atomic E-state index is 13.7. The number of rotatable bonds is 4. The molecule has 2 aromatic carbocycles. The van der Waals surface area contributed by atoms with Gasteiger partial charge in [-0.3, -0.25) is 0 Å². The van der Waals surface area contributed by atoms with Crippen LogP contribution < -0.4 is 5.32 Å². The summed E-state index contributed by atoms with van der Waals surface area (Å²) in [5.41, 5.74) is 1.41. The van der Waals surface area contributed by atoms with Crippen molar-refractivity contribution in [3.63, 3.8) is 0 Å². The van der Waals surface area contributed by atoms with E-state index < -0.39 is 11.6 Å². The molecule has 1 unspecified atom stereocenters. The van der Waals surface area contributed by atoms with Crippen LogP contribution in [0.3, 0.4) is 0 Å². The first-order valence-electron chi connectivity index (χ1n) is 6.09. The van der Waals surface area contributed by atoms with Crippen molar-refractivity contribution in [2.75, 3.05) is 0 Å². The van der Waals surface area contributed by atoms with Crippen molar-refractivity contribution in [3.05, 3.63) is 68.7 Å². The Labute approximate surface area is 130 Å². The summed E-state index contributed by atoms with van der Waals surface area (Å²) in [6.07, 6.45) is 0. The summed E-state index contributed by atoms with van der Waals surface area (Å²) in [6, 6.07) is 8.86. The minimum Gasteiger partial charge on any atom is -0.306 e. The molecule has 0 fully saturated rings. The van der Waals surface area contributed by atoms with Gasteiger partial charge in [-0.25, -0.2) is 8.78 Å². The van der Waals surface area contributed by atoms with E-state index >= 15 is 0 Å². The Morgan fingerprint density at radius 3 is 2.65 bits per heavy atom. The van der Waals surface area contributed by atoms with E-state index in [2.05, 4.69) is 21.2 Å². The summed E-state index contributed by atoms with van der Waals surface area (Å²) in [6.45, 7) is 2.36. The zero-order valence-electron chi connectivity index (χ0n) is 10.8. The van der Waals surface area contributed by atoms with E-state index in [0.717, 1.165) is 16.1 Å². The predicted octanol–water partition coefficient (Wildman–Crippen LogP) is 5.23. The predicted molar refractivity (Wildman–Crippen MR) is 80.8 cm³/mol. The molecule has 0 amide bonds. The molecule has 2 rings (SSSR count). The van der Waals surface area contributed by atoms with Crippen LogP contribution in [0, 0.1) is 11.6 Å². The molecule has 0 radical (unpaired) electrons. The Kier molecular flexibility index (Phi) is 5.13. The lowest BCUT2D eigenvalue weighted by Gasteiger charge is -2.16. The molecule has 1 atom stereocenters. The van der Waals surface area contributed by atoms with Gasteiger partial charge in [-0.15, -0.1) is 0 Å². The van der Waals surface area contributed by atoms with Crippen LogP contribution in [0.2, 0.25) is 5.02 Å². The van der Waals surface area contributed by atoms with Gasteiger partial charge in [0, 0.05) is 33.7 Å². The van der Waals surface area contributed by atoms with E-state index in [1.165, 1.54) is 12.1 Å². The fraction of sp³-hybridized carbons (Fsp3) is 0.200. The lowest BCUT2D eigenvalue weighted by Crippen LogP contribution is -2.19. The van der Waals surface area contributed by atoms with Crippen molar-refractivity contribution < 1.29 is 8.78 Å². The summed E-state index contributed by atoms with van der Waals surface area (Å²) in [5.74, 6) is -1.12. The summed E-state index contributed by atoms with van der Waals surface area (Å²) in [4.78, 5) is 0. The molecular weight excluding hydrogens is 348 g/mol. The Bertz CT molecular complexity index is 619. The number of benzene rings is 2. The Morgan fingerprint density at radius 1 is 1.20 bits per heavy atom. The molecule has 20 heavy (non-hydrogen) atoms. The molecule has 0 spiro atoms. The van der Waals surface area contributed by atoms with Crippen LogP contribution in [-0.2, 0) is 6.54 Å². The Morgan fingerprint density at radius 2 is 1.95 bits per heavy atom. The molecule has 1 nitrogen and oxygen atoms in total.